The summed E-state index contributed by atoms with van der Waals surface area (Å²) in [4.78, 5) is 18.4. The molecule has 0 aliphatic carbocycles. The lowest BCUT2D eigenvalue weighted by Gasteiger charge is -2.17. The molecule has 1 aliphatic rings. The SMILES string of the molecule is CCc1nncn1CCNC(=NCc1ccccc1)NCCCN1CCCC1=O. The molecule has 2 heterocycles. The lowest BCUT2D eigenvalue weighted by molar-refractivity contribution is -0.127. The summed E-state index contributed by atoms with van der Waals surface area (Å²) in [5.74, 6) is 2.05. The number of likely N-dealkylation sites (tertiary alicyclic amines) is 1. The van der Waals surface area contributed by atoms with Crippen LogP contribution >= 0.6 is 0 Å². The van der Waals surface area contributed by atoms with Gasteiger partial charge in [-0.3, -0.25) is 4.79 Å². The van der Waals surface area contributed by atoms with E-state index in [4.69, 9.17) is 4.99 Å². The Balaban J connectivity index is 1.49. The van der Waals surface area contributed by atoms with E-state index in [2.05, 4.69) is 44.5 Å². The lowest BCUT2D eigenvalue weighted by Crippen LogP contribution is -2.40. The Morgan fingerprint density at radius 1 is 1.17 bits per heavy atom. The summed E-state index contributed by atoms with van der Waals surface area (Å²) in [6.45, 7) is 6.68. The summed E-state index contributed by atoms with van der Waals surface area (Å²) in [6, 6.07) is 10.2. The number of nitrogens with one attached hydrogen (secondary N) is 2. The summed E-state index contributed by atoms with van der Waals surface area (Å²) in [5.41, 5.74) is 1.17. The van der Waals surface area contributed by atoms with Gasteiger partial charge in [0.25, 0.3) is 0 Å². The minimum atomic E-state index is 0.279. The predicted molar refractivity (Wildman–Crippen MR) is 113 cm³/mol. The second-order valence-corrected chi connectivity index (χ2v) is 7.14. The van der Waals surface area contributed by atoms with Crippen LogP contribution < -0.4 is 10.6 Å². The molecule has 0 atom stereocenters. The van der Waals surface area contributed by atoms with Crippen LogP contribution in [0.5, 0.6) is 0 Å². The van der Waals surface area contributed by atoms with E-state index in [1.807, 2.05) is 23.1 Å². The number of hydrogen-bond donors (Lipinski definition) is 2. The van der Waals surface area contributed by atoms with E-state index in [1.165, 1.54) is 5.56 Å². The fourth-order valence-corrected chi connectivity index (χ4v) is 3.38. The maximum atomic E-state index is 11.7. The highest BCUT2D eigenvalue weighted by molar-refractivity contribution is 5.80. The van der Waals surface area contributed by atoms with Crippen molar-refractivity contribution in [2.24, 2.45) is 4.99 Å². The number of amides is 1. The fraction of sp³-hybridized carbons (Fsp3) is 0.524. The van der Waals surface area contributed by atoms with Crippen LogP contribution in [0.3, 0.4) is 0 Å². The van der Waals surface area contributed by atoms with Gasteiger partial charge in [0.2, 0.25) is 5.91 Å². The molecule has 1 fully saturated rings. The molecular weight excluding hydrogens is 366 g/mol. The molecule has 1 aliphatic heterocycles. The Kier molecular flexibility index (Phi) is 8.03. The number of aromatic nitrogens is 3. The Bertz CT molecular complexity index is 787. The molecule has 29 heavy (non-hydrogen) atoms. The molecule has 1 saturated heterocycles. The van der Waals surface area contributed by atoms with E-state index >= 15 is 0 Å². The molecule has 1 aromatic carbocycles. The molecule has 8 heteroatoms. The summed E-state index contributed by atoms with van der Waals surface area (Å²) < 4.78 is 2.06. The van der Waals surface area contributed by atoms with Crippen molar-refractivity contribution in [1.29, 1.82) is 0 Å². The number of nitrogens with zero attached hydrogens (tertiary/aromatic N) is 5. The molecular formula is C21H31N7O. The number of carbonyl (C=O) groups excluding carboxylic acids is 1. The van der Waals surface area contributed by atoms with Gasteiger partial charge in [0, 0.05) is 45.6 Å². The average molecular weight is 398 g/mol. The molecule has 0 saturated carbocycles. The van der Waals surface area contributed by atoms with Gasteiger partial charge in [-0.25, -0.2) is 4.99 Å². The number of guanidine groups is 1. The normalized spacial score (nSPS) is 14.4. The first-order valence-electron chi connectivity index (χ1n) is 10.5. The molecule has 0 unspecified atom stereocenters. The molecule has 1 aromatic heterocycles. The van der Waals surface area contributed by atoms with Gasteiger partial charge in [-0.1, -0.05) is 37.3 Å². The van der Waals surface area contributed by atoms with Gasteiger partial charge in [0.15, 0.2) is 5.96 Å². The Morgan fingerprint density at radius 2 is 2.00 bits per heavy atom. The van der Waals surface area contributed by atoms with Crippen LogP contribution in [0.1, 0.15) is 37.6 Å². The average Bonchev–Trinajstić information content (AvgIpc) is 3.38. The third kappa shape index (κ3) is 6.58. The molecule has 0 bridgehead atoms. The largest absolute Gasteiger partial charge is 0.356 e. The van der Waals surface area contributed by atoms with E-state index in [1.54, 1.807) is 6.33 Å². The van der Waals surface area contributed by atoms with E-state index in [0.29, 0.717) is 13.0 Å². The molecule has 0 radical (unpaired) electrons. The van der Waals surface area contributed by atoms with Crippen molar-refractivity contribution in [3.8, 4) is 0 Å². The predicted octanol–water partition coefficient (Wildman–Crippen LogP) is 1.59. The van der Waals surface area contributed by atoms with Gasteiger partial charge in [-0.15, -0.1) is 10.2 Å². The molecule has 2 N–H and O–H groups in total. The van der Waals surface area contributed by atoms with Crippen LogP contribution in [0.4, 0.5) is 0 Å². The van der Waals surface area contributed by atoms with Gasteiger partial charge in [0.05, 0.1) is 6.54 Å². The first-order chi connectivity index (χ1) is 14.3. The quantitative estimate of drug-likeness (QED) is 0.361. The first-order valence-corrected chi connectivity index (χ1v) is 10.5. The highest BCUT2D eigenvalue weighted by atomic mass is 16.2. The zero-order valence-corrected chi connectivity index (χ0v) is 17.2. The minimum absolute atomic E-state index is 0.279. The van der Waals surface area contributed by atoms with Crippen LogP contribution in [0.25, 0.3) is 0 Å². The summed E-state index contributed by atoms with van der Waals surface area (Å²) >= 11 is 0. The van der Waals surface area contributed by atoms with Gasteiger partial charge in [-0.05, 0) is 18.4 Å². The zero-order chi connectivity index (χ0) is 20.3. The molecule has 3 rings (SSSR count). The van der Waals surface area contributed by atoms with E-state index in [9.17, 15) is 4.79 Å². The number of aliphatic imine (C=N–C) groups is 1. The maximum absolute atomic E-state index is 11.7. The maximum Gasteiger partial charge on any atom is 0.222 e. The van der Waals surface area contributed by atoms with Crippen LogP contribution in [0.2, 0.25) is 0 Å². The highest BCUT2D eigenvalue weighted by Crippen LogP contribution is 2.09. The van der Waals surface area contributed by atoms with Crippen LogP contribution in [0, 0.1) is 0 Å². The highest BCUT2D eigenvalue weighted by Gasteiger charge is 2.18. The van der Waals surface area contributed by atoms with E-state index in [0.717, 1.165) is 63.8 Å². The second-order valence-electron chi connectivity index (χ2n) is 7.14. The Labute approximate surface area is 172 Å². The van der Waals surface area contributed by atoms with Gasteiger partial charge >= 0.3 is 0 Å². The molecule has 1 amide bonds. The van der Waals surface area contributed by atoms with Gasteiger partial charge < -0.3 is 20.1 Å². The van der Waals surface area contributed by atoms with Crippen molar-refractivity contribution in [2.45, 2.75) is 45.7 Å². The fourth-order valence-electron chi connectivity index (χ4n) is 3.38. The van der Waals surface area contributed by atoms with Crippen molar-refractivity contribution < 1.29 is 4.79 Å². The Hall–Kier alpha value is -2.90. The van der Waals surface area contributed by atoms with E-state index < -0.39 is 0 Å². The topological polar surface area (TPSA) is 87.4 Å². The molecule has 2 aromatic rings. The smallest absolute Gasteiger partial charge is 0.222 e. The van der Waals surface area contributed by atoms with Gasteiger partial charge in [-0.2, -0.15) is 0 Å². The van der Waals surface area contributed by atoms with E-state index in [-0.39, 0.29) is 5.91 Å². The molecule has 0 spiro atoms. The van der Waals surface area contributed by atoms with Crippen molar-refractivity contribution in [3.63, 3.8) is 0 Å². The van der Waals surface area contributed by atoms with Crippen molar-refractivity contribution in [2.75, 3.05) is 26.2 Å². The number of aryl methyl sites for hydroxylation is 1. The monoisotopic (exact) mass is 397 g/mol. The summed E-state index contributed by atoms with van der Waals surface area (Å²) in [5, 5.41) is 14.9. The number of rotatable bonds is 10. The standard InChI is InChI=1S/C21H31N7O/c1-2-19-26-25-17-28(19)15-12-23-21(24-16-18-8-4-3-5-9-18)22-11-7-14-27-13-6-10-20(27)29/h3-5,8-9,17H,2,6-7,10-16H2,1H3,(H2,22,23,24). The summed E-state index contributed by atoms with van der Waals surface area (Å²) in [7, 11) is 0. The number of carbonyl (C=O) groups is 1. The number of hydrogen-bond acceptors (Lipinski definition) is 4. The van der Waals surface area contributed by atoms with Crippen molar-refractivity contribution >= 4 is 11.9 Å². The molecule has 8 nitrogen and oxygen atoms in total. The van der Waals surface area contributed by atoms with Crippen molar-refractivity contribution in [3.05, 3.63) is 48.0 Å². The minimum Gasteiger partial charge on any atom is -0.356 e. The third-order valence-corrected chi connectivity index (χ3v) is 4.99. The third-order valence-electron chi connectivity index (χ3n) is 4.99. The van der Waals surface area contributed by atoms with Gasteiger partial charge in [0.1, 0.15) is 12.2 Å². The second kappa shape index (κ2) is 11.2. The lowest BCUT2D eigenvalue weighted by atomic mass is 10.2. The van der Waals surface area contributed by atoms with Crippen molar-refractivity contribution in [1.82, 2.24) is 30.3 Å². The zero-order valence-electron chi connectivity index (χ0n) is 17.2. The molecule has 156 valence electrons. The Morgan fingerprint density at radius 3 is 2.76 bits per heavy atom. The number of benzene rings is 1. The van der Waals surface area contributed by atoms with Crippen LogP contribution in [0.15, 0.2) is 41.7 Å². The van der Waals surface area contributed by atoms with Crippen LogP contribution in [-0.4, -0.2) is 57.7 Å². The van der Waals surface area contributed by atoms with Crippen LogP contribution in [-0.2, 0) is 24.3 Å². The first kappa shape index (κ1) is 20.8. The summed E-state index contributed by atoms with van der Waals surface area (Å²) in [6.07, 6.45) is 5.22.